The van der Waals surface area contributed by atoms with Crippen molar-refractivity contribution in [2.24, 2.45) is 5.92 Å². The van der Waals surface area contributed by atoms with E-state index in [1.807, 2.05) is 6.07 Å². The summed E-state index contributed by atoms with van der Waals surface area (Å²) in [5.74, 6) is -0.148. The normalized spacial score (nSPS) is 24.8. The van der Waals surface area contributed by atoms with Crippen LogP contribution in [-0.2, 0) is 16.0 Å². The minimum Gasteiger partial charge on any atom is -0.379 e. The van der Waals surface area contributed by atoms with Gasteiger partial charge in [-0.15, -0.1) is 0 Å². The molecule has 1 aromatic carbocycles. The van der Waals surface area contributed by atoms with Gasteiger partial charge in [0.05, 0.1) is 30.1 Å². The van der Waals surface area contributed by atoms with Gasteiger partial charge >= 0.3 is 0 Å². The van der Waals surface area contributed by atoms with E-state index < -0.39 is 0 Å². The second kappa shape index (κ2) is 9.28. The number of hydrogen-bond donors (Lipinski definition) is 1. The van der Waals surface area contributed by atoms with E-state index in [-0.39, 0.29) is 28.5 Å². The van der Waals surface area contributed by atoms with Crippen molar-refractivity contribution < 1.29 is 14.5 Å². The quantitative estimate of drug-likeness (QED) is 0.414. The maximum atomic E-state index is 13.1. The maximum Gasteiger partial charge on any atom is 0.269 e. The number of amides is 1. The predicted molar refractivity (Wildman–Crippen MR) is 114 cm³/mol. The van der Waals surface area contributed by atoms with Crippen molar-refractivity contribution in [1.82, 2.24) is 15.1 Å². The number of morpholine rings is 1. The number of ether oxygens (including phenoxy) is 1. The Labute approximate surface area is 177 Å². The van der Waals surface area contributed by atoms with Crippen LogP contribution in [0.15, 0.2) is 18.2 Å². The number of nitro benzene ring substituents is 1. The van der Waals surface area contributed by atoms with Crippen LogP contribution in [0.5, 0.6) is 0 Å². The summed E-state index contributed by atoms with van der Waals surface area (Å²) < 4.78 is 5.37. The van der Waals surface area contributed by atoms with Gasteiger partial charge in [0.2, 0.25) is 5.91 Å². The van der Waals surface area contributed by atoms with Gasteiger partial charge in [0.15, 0.2) is 0 Å². The van der Waals surface area contributed by atoms with Gasteiger partial charge in [0.1, 0.15) is 0 Å². The second-order valence-corrected chi connectivity index (χ2v) is 8.50. The van der Waals surface area contributed by atoms with E-state index >= 15 is 0 Å². The molecule has 4 rings (SSSR count). The van der Waals surface area contributed by atoms with Crippen LogP contribution in [0.3, 0.4) is 0 Å². The van der Waals surface area contributed by atoms with Crippen LogP contribution in [0.2, 0.25) is 0 Å². The first kappa shape index (κ1) is 21.0. The van der Waals surface area contributed by atoms with Gasteiger partial charge in [-0.3, -0.25) is 19.8 Å². The molecule has 0 aromatic heterocycles. The number of piperazine rings is 1. The summed E-state index contributed by atoms with van der Waals surface area (Å²) in [4.78, 5) is 30.9. The number of nitrogens with zero attached hydrogens (tertiary/aromatic N) is 4. The number of carbonyl (C=O) groups is 1. The highest BCUT2D eigenvalue weighted by molar-refractivity contribution is 5.82. The molecule has 2 fully saturated rings. The number of nitrogens with one attached hydrogen (secondary N) is 1. The number of rotatable bonds is 6. The zero-order valence-electron chi connectivity index (χ0n) is 17.6. The largest absolute Gasteiger partial charge is 0.379 e. The summed E-state index contributed by atoms with van der Waals surface area (Å²) in [6.45, 7) is 7.65. The number of hydrogen-bond acceptors (Lipinski definition) is 7. The first-order chi connectivity index (χ1) is 14.5. The molecule has 30 heavy (non-hydrogen) atoms. The number of likely N-dealkylation sites (N-methyl/N-ethyl adjacent to an activating group) is 1. The van der Waals surface area contributed by atoms with Crippen LogP contribution in [0.4, 0.5) is 11.4 Å². The summed E-state index contributed by atoms with van der Waals surface area (Å²) in [5, 5.41) is 14.4. The highest BCUT2D eigenvalue weighted by Gasteiger charge is 2.41. The molecule has 9 nitrogen and oxygen atoms in total. The molecule has 0 spiro atoms. The molecular weight excluding hydrogens is 386 g/mol. The Morgan fingerprint density at radius 3 is 2.83 bits per heavy atom. The topological polar surface area (TPSA) is 91.2 Å². The Kier molecular flexibility index (Phi) is 6.50. The first-order valence-corrected chi connectivity index (χ1v) is 10.8. The Hall–Kier alpha value is -2.23. The standard InChI is InChI=1S/C21H31N5O4/c1-23-7-8-25-19-4-3-17(26(28)29)13-16(19)14-18(20(25)15-23)21(27)22-5-2-6-24-9-11-30-12-10-24/h3-4,13,18,20H,2,5-12,14-15H2,1H3,(H,22,27)/t18-,20+/m1/s1. The van der Waals surface area contributed by atoms with Crippen LogP contribution < -0.4 is 10.2 Å². The van der Waals surface area contributed by atoms with Crippen LogP contribution in [0.25, 0.3) is 0 Å². The summed E-state index contributed by atoms with van der Waals surface area (Å²) in [6.07, 6.45) is 1.45. The van der Waals surface area contributed by atoms with E-state index in [1.54, 1.807) is 12.1 Å². The van der Waals surface area contributed by atoms with Gasteiger partial charge in [-0.25, -0.2) is 0 Å². The lowest BCUT2D eigenvalue weighted by atomic mass is 9.83. The fraction of sp³-hybridized carbons (Fsp3) is 0.667. The Balaban J connectivity index is 1.42. The molecule has 0 radical (unpaired) electrons. The van der Waals surface area contributed by atoms with Crippen LogP contribution in [0, 0.1) is 16.0 Å². The first-order valence-electron chi connectivity index (χ1n) is 10.8. The summed E-state index contributed by atoms with van der Waals surface area (Å²) >= 11 is 0. The summed E-state index contributed by atoms with van der Waals surface area (Å²) in [7, 11) is 2.08. The van der Waals surface area contributed by atoms with Gasteiger partial charge in [0.25, 0.3) is 5.69 Å². The fourth-order valence-electron chi connectivity index (χ4n) is 4.84. The van der Waals surface area contributed by atoms with E-state index in [9.17, 15) is 14.9 Å². The van der Waals surface area contributed by atoms with E-state index in [4.69, 9.17) is 4.74 Å². The molecule has 0 saturated carbocycles. The molecule has 0 unspecified atom stereocenters. The monoisotopic (exact) mass is 417 g/mol. The number of benzene rings is 1. The fourth-order valence-corrected chi connectivity index (χ4v) is 4.84. The van der Waals surface area contributed by atoms with Crippen molar-refractivity contribution in [2.45, 2.75) is 18.9 Å². The van der Waals surface area contributed by atoms with Crippen molar-refractivity contribution >= 4 is 17.3 Å². The molecule has 2 saturated heterocycles. The molecule has 9 heteroatoms. The van der Waals surface area contributed by atoms with E-state index in [0.29, 0.717) is 13.0 Å². The smallest absolute Gasteiger partial charge is 0.269 e. The van der Waals surface area contributed by atoms with Crippen LogP contribution in [0.1, 0.15) is 12.0 Å². The molecule has 3 aliphatic heterocycles. The number of anilines is 1. The SMILES string of the molecule is CN1CCN2c3ccc([N+](=O)[O-])cc3C[C@@H](C(=O)NCCCN3CCOCC3)[C@@H]2C1. The molecule has 1 amide bonds. The third-order valence-corrected chi connectivity index (χ3v) is 6.50. The van der Waals surface area contributed by atoms with Gasteiger partial charge in [-0.05, 0) is 38.1 Å². The number of fused-ring (bicyclic) bond motifs is 3. The van der Waals surface area contributed by atoms with E-state index in [1.165, 1.54) is 0 Å². The third kappa shape index (κ3) is 4.58. The zero-order chi connectivity index (χ0) is 21.1. The summed E-state index contributed by atoms with van der Waals surface area (Å²) in [5.41, 5.74) is 2.03. The average molecular weight is 418 g/mol. The molecule has 3 heterocycles. The van der Waals surface area contributed by atoms with Crippen molar-refractivity contribution in [3.8, 4) is 0 Å². The predicted octanol–water partition coefficient (Wildman–Crippen LogP) is 0.726. The van der Waals surface area contributed by atoms with Gasteiger partial charge in [-0.2, -0.15) is 0 Å². The lowest BCUT2D eigenvalue weighted by molar-refractivity contribution is -0.384. The number of nitro groups is 1. The highest BCUT2D eigenvalue weighted by Crippen LogP contribution is 2.37. The molecule has 164 valence electrons. The summed E-state index contributed by atoms with van der Waals surface area (Å²) in [6, 6.07) is 5.15. The van der Waals surface area contributed by atoms with E-state index in [2.05, 4.69) is 27.1 Å². The highest BCUT2D eigenvalue weighted by atomic mass is 16.6. The molecule has 1 aromatic rings. The van der Waals surface area contributed by atoms with E-state index in [0.717, 1.165) is 70.2 Å². The molecule has 2 atom stereocenters. The Bertz CT molecular complexity index is 783. The molecule has 1 N–H and O–H groups in total. The minimum absolute atomic E-state index is 0.0550. The third-order valence-electron chi connectivity index (χ3n) is 6.50. The Morgan fingerprint density at radius 1 is 1.27 bits per heavy atom. The van der Waals surface area contributed by atoms with Crippen molar-refractivity contribution in [3.05, 3.63) is 33.9 Å². The Morgan fingerprint density at radius 2 is 2.07 bits per heavy atom. The van der Waals surface area contributed by atoms with Crippen molar-refractivity contribution in [1.29, 1.82) is 0 Å². The minimum atomic E-state index is -0.364. The van der Waals surface area contributed by atoms with Crippen LogP contribution >= 0.6 is 0 Å². The molecule has 0 bridgehead atoms. The number of carbonyl (C=O) groups excluding carboxylic acids is 1. The lowest BCUT2D eigenvalue weighted by Gasteiger charge is -2.48. The molecular formula is C21H31N5O4. The van der Waals surface area contributed by atoms with Gasteiger partial charge in [0, 0.05) is 57.1 Å². The van der Waals surface area contributed by atoms with Crippen molar-refractivity contribution in [2.75, 3.05) is 71.0 Å². The maximum absolute atomic E-state index is 13.1. The van der Waals surface area contributed by atoms with Crippen molar-refractivity contribution in [3.63, 3.8) is 0 Å². The molecule has 3 aliphatic rings. The molecule has 0 aliphatic carbocycles. The zero-order valence-corrected chi connectivity index (χ0v) is 17.6. The lowest BCUT2D eigenvalue weighted by Crippen LogP contribution is -2.60. The van der Waals surface area contributed by atoms with Gasteiger partial charge in [-0.1, -0.05) is 0 Å². The average Bonchev–Trinajstić information content (AvgIpc) is 2.76. The number of non-ortho nitro benzene ring substituents is 1. The van der Waals surface area contributed by atoms with Crippen LogP contribution in [-0.4, -0.2) is 92.7 Å². The van der Waals surface area contributed by atoms with Gasteiger partial charge < -0.3 is 19.9 Å². The second-order valence-electron chi connectivity index (χ2n) is 8.50.